The van der Waals surface area contributed by atoms with Crippen LogP contribution in [0.25, 0.3) is 11.7 Å². The Morgan fingerprint density at radius 2 is 2.16 bits per heavy atom. The summed E-state index contributed by atoms with van der Waals surface area (Å²) in [6.07, 6.45) is 5.57. The Bertz CT molecular complexity index is 1230. The number of thiazole rings is 1. The van der Waals surface area contributed by atoms with Crippen LogP contribution in [0, 0.1) is 0 Å². The molecule has 1 saturated heterocycles. The van der Waals surface area contributed by atoms with E-state index in [1.807, 2.05) is 17.0 Å². The fraction of sp³-hybridized carbons (Fsp3) is 0.391. The van der Waals surface area contributed by atoms with E-state index in [4.69, 9.17) is 10.1 Å². The van der Waals surface area contributed by atoms with Gasteiger partial charge < -0.3 is 15.1 Å². The molecule has 0 aliphatic carbocycles. The van der Waals surface area contributed by atoms with Gasteiger partial charge in [0.2, 0.25) is 0 Å². The highest BCUT2D eigenvalue weighted by Gasteiger charge is 2.25. The minimum atomic E-state index is -1.14. The number of pyridine rings is 1. The number of nitrogens with zero attached hydrogens (tertiary/aromatic N) is 4. The average molecular weight is 455 g/mol. The Morgan fingerprint density at radius 3 is 2.81 bits per heavy atom. The molecule has 8 nitrogen and oxygen atoms in total. The first-order valence-corrected chi connectivity index (χ1v) is 11.5. The van der Waals surface area contributed by atoms with Crippen molar-refractivity contribution in [3.8, 4) is 0 Å². The van der Waals surface area contributed by atoms with E-state index in [2.05, 4.69) is 24.2 Å². The first kappa shape index (κ1) is 22.2. The lowest BCUT2D eigenvalue weighted by Gasteiger charge is -2.19. The highest BCUT2D eigenvalue weighted by Crippen LogP contribution is 2.23. The lowest BCUT2D eigenvalue weighted by atomic mass is 10.1. The van der Waals surface area contributed by atoms with Crippen LogP contribution in [0.4, 0.5) is 5.82 Å². The van der Waals surface area contributed by atoms with Crippen molar-refractivity contribution in [2.24, 2.45) is 0 Å². The van der Waals surface area contributed by atoms with Crippen molar-refractivity contribution in [2.75, 3.05) is 18.0 Å². The summed E-state index contributed by atoms with van der Waals surface area (Å²) in [6, 6.07) is 3.77. The molecule has 3 aromatic rings. The molecular weight excluding hydrogens is 428 g/mol. The van der Waals surface area contributed by atoms with Gasteiger partial charge in [-0.3, -0.25) is 9.20 Å². The molecule has 4 heterocycles. The van der Waals surface area contributed by atoms with Gasteiger partial charge in [-0.15, -0.1) is 11.3 Å². The summed E-state index contributed by atoms with van der Waals surface area (Å²) < 4.78 is 1.43. The minimum Gasteiger partial charge on any atom is -0.478 e. The fourth-order valence-electron chi connectivity index (χ4n) is 3.77. The number of rotatable bonds is 7. The zero-order valence-electron chi connectivity index (χ0n) is 18.1. The minimum absolute atomic E-state index is 0.204. The van der Waals surface area contributed by atoms with Crippen LogP contribution in [0.3, 0.4) is 0 Å². The van der Waals surface area contributed by atoms with E-state index in [-0.39, 0.29) is 11.1 Å². The van der Waals surface area contributed by atoms with Gasteiger partial charge in [0.15, 0.2) is 0 Å². The summed E-state index contributed by atoms with van der Waals surface area (Å²) in [4.78, 5) is 35.4. The van der Waals surface area contributed by atoms with Crippen LogP contribution in [0.2, 0.25) is 0 Å². The largest absolute Gasteiger partial charge is 0.478 e. The van der Waals surface area contributed by atoms with Crippen LogP contribution >= 0.6 is 11.3 Å². The normalized spacial score (nSPS) is 16.6. The van der Waals surface area contributed by atoms with Gasteiger partial charge in [0.1, 0.15) is 11.5 Å². The molecular formula is C23H26N4O4S. The second kappa shape index (κ2) is 9.22. The lowest BCUT2D eigenvalue weighted by Crippen LogP contribution is -2.28. The van der Waals surface area contributed by atoms with E-state index >= 15 is 0 Å². The number of β-amino-alcohol motifs (C(OH)–C–C–N with tert-alkyl or cyclic N) is 1. The van der Waals surface area contributed by atoms with Crippen molar-refractivity contribution in [3.63, 3.8) is 0 Å². The molecule has 0 amide bonds. The Hall–Kier alpha value is -3.04. The van der Waals surface area contributed by atoms with Crippen LogP contribution in [-0.4, -0.2) is 49.7 Å². The third-order valence-corrected chi connectivity index (χ3v) is 6.48. The molecule has 0 bridgehead atoms. The Kier molecular flexibility index (Phi) is 6.38. The number of aromatic nitrogens is 3. The quantitative estimate of drug-likeness (QED) is 0.529. The number of aliphatic carboxylic acids is 1. The first-order chi connectivity index (χ1) is 15.3. The van der Waals surface area contributed by atoms with Crippen molar-refractivity contribution in [1.29, 1.82) is 0 Å². The van der Waals surface area contributed by atoms with Gasteiger partial charge in [-0.2, -0.15) is 0 Å². The van der Waals surface area contributed by atoms with Crippen LogP contribution < -0.4 is 10.5 Å². The number of aryl methyl sites for hydroxylation is 2. The number of aliphatic hydroxyl groups is 1. The molecule has 2 N–H and O–H groups in total. The predicted octanol–water partition coefficient (Wildman–Crippen LogP) is 2.73. The summed E-state index contributed by atoms with van der Waals surface area (Å²) in [5, 5.41) is 22.2. The van der Waals surface area contributed by atoms with Gasteiger partial charge in [-0.1, -0.05) is 13.8 Å². The average Bonchev–Trinajstić information content (AvgIpc) is 3.40. The number of carbonyl (C=O) groups is 1. The molecule has 1 atom stereocenters. The molecule has 1 aliphatic heterocycles. The Morgan fingerprint density at radius 1 is 1.34 bits per heavy atom. The van der Waals surface area contributed by atoms with Gasteiger partial charge in [0.25, 0.3) is 5.56 Å². The molecule has 0 radical (unpaired) electrons. The van der Waals surface area contributed by atoms with Crippen LogP contribution in [0.5, 0.6) is 0 Å². The van der Waals surface area contributed by atoms with Crippen molar-refractivity contribution >= 4 is 34.8 Å². The molecule has 32 heavy (non-hydrogen) atoms. The maximum atomic E-state index is 13.1. The highest BCUT2D eigenvalue weighted by atomic mass is 32.1. The van der Waals surface area contributed by atoms with Gasteiger partial charge >= 0.3 is 5.97 Å². The number of hydrogen-bond acceptors (Lipinski definition) is 7. The molecule has 1 unspecified atom stereocenters. The number of aliphatic hydroxyl groups excluding tert-OH is 1. The zero-order valence-corrected chi connectivity index (χ0v) is 18.9. The molecule has 168 valence electrons. The SMILES string of the molecule is CC(C)c1csc(CCc2ccn3c(=O)c(C=CC(=O)O)c(N4CCC(O)C4)nc3c2)n1. The van der Waals surface area contributed by atoms with Gasteiger partial charge in [0, 0.05) is 37.2 Å². The Balaban J connectivity index is 1.68. The van der Waals surface area contributed by atoms with E-state index in [1.165, 1.54) is 10.5 Å². The smallest absolute Gasteiger partial charge is 0.328 e. The molecule has 0 spiro atoms. The van der Waals surface area contributed by atoms with Gasteiger partial charge in [-0.05, 0) is 42.5 Å². The second-order valence-electron chi connectivity index (χ2n) is 8.30. The number of anilines is 1. The number of carboxylic acids is 1. The number of carboxylic acid groups (broad SMARTS) is 1. The first-order valence-electron chi connectivity index (χ1n) is 10.7. The van der Waals surface area contributed by atoms with Crippen molar-refractivity contribution in [1.82, 2.24) is 14.4 Å². The van der Waals surface area contributed by atoms with Crippen LogP contribution in [-0.2, 0) is 17.6 Å². The van der Waals surface area contributed by atoms with Gasteiger partial charge in [-0.25, -0.2) is 14.8 Å². The van der Waals surface area contributed by atoms with E-state index in [1.54, 1.807) is 17.5 Å². The van der Waals surface area contributed by atoms with E-state index in [9.17, 15) is 14.7 Å². The fourth-order valence-corrected chi connectivity index (χ4v) is 4.73. The number of fused-ring (bicyclic) bond motifs is 1. The van der Waals surface area contributed by atoms with Crippen LogP contribution in [0.1, 0.15) is 48.0 Å². The summed E-state index contributed by atoms with van der Waals surface area (Å²) >= 11 is 1.66. The summed E-state index contributed by atoms with van der Waals surface area (Å²) in [6.45, 7) is 5.17. The molecule has 3 aromatic heterocycles. The third kappa shape index (κ3) is 4.73. The molecule has 0 saturated carbocycles. The monoisotopic (exact) mass is 454 g/mol. The Labute approximate surface area is 189 Å². The van der Waals surface area contributed by atoms with Crippen LogP contribution in [0.15, 0.2) is 34.6 Å². The maximum absolute atomic E-state index is 13.1. The van der Waals surface area contributed by atoms with Crippen molar-refractivity contribution in [2.45, 2.75) is 45.1 Å². The van der Waals surface area contributed by atoms with Gasteiger partial charge in [0.05, 0.1) is 22.4 Å². The molecule has 4 rings (SSSR count). The molecule has 9 heteroatoms. The highest BCUT2D eigenvalue weighted by molar-refractivity contribution is 7.09. The standard InChI is InChI=1S/C23H26N4O4S/c1-14(2)18-13-32-20(24-18)5-3-15-7-10-27-19(11-15)25-22(26-9-8-16(28)12-26)17(23(27)31)4-6-21(29)30/h4,6-7,10-11,13-14,16,28H,3,5,8-9,12H2,1-2H3,(H,29,30). The lowest BCUT2D eigenvalue weighted by molar-refractivity contribution is -0.131. The molecule has 0 aromatic carbocycles. The van der Waals surface area contributed by atoms with E-state index in [0.717, 1.165) is 35.2 Å². The third-order valence-electron chi connectivity index (χ3n) is 5.55. The maximum Gasteiger partial charge on any atom is 0.328 e. The second-order valence-corrected chi connectivity index (χ2v) is 9.24. The topological polar surface area (TPSA) is 108 Å². The van der Waals surface area contributed by atoms with Crippen molar-refractivity contribution in [3.05, 3.63) is 62.0 Å². The number of hydrogen-bond donors (Lipinski definition) is 2. The summed E-state index contributed by atoms with van der Waals surface area (Å²) in [5.74, 6) is -0.327. The molecule has 1 aliphatic rings. The van der Waals surface area contributed by atoms with E-state index in [0.29, 0.717) is 36.9 Å². The zero-order chi connectivity index (χ0) is 22.8. The molecule has 1 fully saturated rings. The van der Waals surface area contributed by atoms with E-state index < -0.39 is 12.1 Å². The predicted molar refractivity (Wildman–Crippen MR) is 125 cm³/mol. The summed E-state index contributed by atoms with van der Waals surface area (Å²) in [5.41, 5.74) is 2.52. The van der Waals surface area contributed by atoms with Crippen molar-refractivity contribution < 1.29 is 15.0 Å². The summed E-state index contributed by atoms with van der Waals surface area (Å²) in [7, 11) is 0.